The second-order valence-electron chi connectivity index (χ2n) is 5.47. The molecule has 2 aromatic heterocycles. The lowest BCUT2D eigenvalue weighted by Crippen LogP contribution is -2.06. The second kappa shape index (κ2) is 5.76. The van der Waals surface area contributed by atoms with Crippen LogP contribution < -0.4 is 0 Å². The molecule has 0 spiro atoms. The molecular weight excluding hydrogens is 339 g/mol. The van der Waals surface area contributed by atoms with Crippen molar-refractivity contribution in [1.29, 1.82) is 0 Å². The predicted octanol–water partition coefficient (Wildman–Crippen LogP) is 3.05. The van der Waals surface area contributed by atoms with E-state index < -0.39 is 17.7 Å². The molecule has 0 saturated carbocycles. The SMILES string of the molecule is Cc1nc2c(C(=O)O)cnn2c(O)c1Cc1ccc(C(F)(F)F)cc1. The number of rotatable bonds is 3. The maximum absolute atomic E-state index is 12.6. The van der Waals surface area contributed by atoms with E-state index in [1.54, 1.807) is 6.92 Å². The van der Waals surface area contributed by atoms with E-state index >= 15 is 0 Å². The lowest BCUT2D eigenvalue weighted by atomic mass is 10.0. The van der Waals surface area contributed by atoms with Gasteiger partial charge in [0.15, 0.2) is 5.65 Å². The summed E-state index contributed by atoms with van der Waals surface area (Å²) in [6, 6.07) is 4.56. The van der Waals surface area contributed by atoms with Gasteiger partial charge in [0.2, 0.25) is 5.88 Å². The van der Waals surface area contributed by atoms with Crippen molar-refractivity contribution in [2.45, 2.75) is 19.5 Å². The maximum Gasteiger partial charge on any atom is 0.416 e. The summed E-state index contributed by atoms with van der Waals surface area (Å²) < 4.78 is 38.8. The molecule has 3 rings (SSSR count). The van der Waals surface area contributed by atoms with E-state index in [9.17, 15) is 23.1 Å². The lowest BCUT2D eigenvalue weighted by Gasteiger charge is -2.11. The number of carboxylic acids is 1. The molecule has 6 nitrogen and oxygen atoms in total. The van der Waals surface area contributed by atoms with Crippen LogP contribution in [0.25, 0.3) is 5.65 Å². The van der Waals surface area contributed by atoms with Gasteiger partial charge < -0.3 is 10.2 Å². The molecule has 0 unspecified atom stereocenters. The predicted molar refractivity (Wildman–Crippen MR) is 80.6 cm³/mol. The van der Waals surface area contributed by atoms with Crippen molar-refractivity contribution in [3.05, 3.63) is 58.4 Å². The highest BCUT2D eigenvalue weighted by Crippen LogP contribution is 2.30. The first-order valence-electron chi connectivity index (χ1n) is 7.14. The van der Waals surface area contributed by atoms with Crippen molar-refractivity contribution in [3.63, 3.8) is 0 Å². The molecule has 0 aliphatic heterocycles. The standard InChI is InChI=1S/C16H12F3N3O3/c1-8-11(6-9-2-4-10(5-3-9)16(17,18)19)14(23)22-13(21-8)12(7-20-22)15(24)25/h2-5,7,23H,6H2,1H3,(H,24,25). The summed E-state index contributed by atoms with van der Waals surface area (Å²) in [4.78, 5) is 15.3. The summed E-state index contributed by atoms with van der Waals surface area (Å²) in [5.41, 5.74) is 0.348. The van der Waals surface area contributed by atoms with E-state index in [2.05, 4.69) is 10.1 Å². The normalized spacial score (nSPS) is 11.8. The number of aryl methyl sites for hydroxylation is 1. The van der Waals surface area contributed by atoms with Crippen LogP contribution in [0, 0.1) is 6.92 Å². The van der Waals surface area contributed by atoms with Crippen LogP contribution in [0.2, 0.25) is 0 Å². The molecule has 0 saturated heterocycles. The van der Waals surface area contributed by atoms with Gasteiger partial charge >= 0.3 is 12.1 Å². The second-order valence-corrected chi connectivity index (χ2v) is 5.47. The minimum absolute atomic E-state index is 0.00123. The Morgan fingerprint density at radius 3 is 2.44 bits per heavy atom. The Labute approximate surface area is 139 Å². The van der Waals surface area contributed by atoms with Gasteiger partial charge in [0.1, 0.15) is 5.56 Å². The average molecular weight is 351 g/mol. The molecule has 2 heterocycles. The van der Waals surface area contributed by atoms with Crippen LogP contribution >= 0.6 is 0 Å². The Kier molecular flexibility index (Phi) is 3.86. The molecule has 0 fully saturated rings. The van der Waals surface area contributed by atoms with Gasteiger partial charge in [0, 0.05) is 17.7 Å². The Morgan fingerprint density at radius 2 is 1.88 bits per heavy atom. The number of benzene rings is 1. The van der Waals surface area contributed by atoms with Crippen LogP contribution in [0.4, 0.5) is 13.2 Å². The van der Waals surface area contributed by atoms with Crippen molar-refractivity contribution < 1.29 is 28.2 Å². The molecule has 0 atom stereocenters. The Morgan fingerprint density at radius 1 is 1.24 bits per heavy atom. The first-order chi connectivity index (χ1) is 11.7. The number of carboxylic acid groups (broad SMARTS) is 1. The number of nitrogens with zero attached hydrogens (tertiary/aromatic N) is 3. The summed E-state index contributed by atoms with van der Waals surface area (Å²) in [6.45, 7) is 1.58. The van der Waals surface area contributed by atoms with E-state index in [1.807, 2.05) is 0 Å². The van der Waals surface area contributed by atoms with Crippen LogP contribution in [0.1, 0.15) is 32.7 Å². The number of aromatic carboxylic acids is 1. The molecule has 130 valence electrons. The molecule has 0 aliphatic rings. The largest absolute Gasteiger partial charge is 0.493 e. The molecule has 3 aromatic rings. The summed E-state index contributed by atoms with van der Waals surface area (Å²) in [6.07, 6.45) is -3.22. The molecule has 25 heavy (non-hydrogen) atoms. The van der Waals surface area contributed by atoms with Crippen LogP contribution in [0.5, 0.6) is 5.88 Å². The highest BCUT2D eigenvalue weighted by molar-refractivity contribution is 5.94. The van der Waals surface area contributed by atoms with Gasteiger partial charge in [0.05, 0.1) is 11.8 Å². The molecular formula is C16H12F3N3O3. The zero-order chi connectivity index (χ0) is 18.4. The van der Waals surface area contributed by atoms with Crippen LogP contribution in [0.3, 0.4) is 0 Å². The smallest absolute Gasteiger partial charge is 0.416 e. The number of aromatic hydroxyl groups is 1. The fourth-order valence-electron chi connectivity index (χ4n) is 2.49. The monoisotopic (exact) mass is 351 g/mol. The Bertz CT molecular complexity index is 963. The lowest BCUT2D eigenvalue weighted by molar-refractivity contribution is -0.137. The van der Waals surface area contributed by atoms with Crippen LogP contribution in [0.15, 0.2) is 30.5 Å². The minimum Gasteiger partial charge on any atom is -0.493 e. The van der Waals surface area contributed by atoms with Gasteiger partial charge in [-0.15, -0.1) is 0 Å². The van der Waals surface area contributed by atoms with Crippen molar-refractivity contribution in [3.8, 4) is 5.88 Å². The average Bonchev–Trinajstić information content (AvgIpc) is 2.95. The fourth-order valence-corrected chi connectivity index (χ4v) is 2.49. The van der Waals surface area contributed by atoms with Crippen LogP contribution in [-0.4, -0.2) is 30.8 Å². The molecule has 0 radical (unpaired) electrons. The quantitative estimate of drug-likeness (QED) is 0.757. The van der Waals surface area contributed by atoms with Crippen molar-refractivity contribution in [2.75, 3.05) is 0 Å². The van der Waals surface area contributed by atoms with Gasteiger partial charge in [-0.05, 0) is 24.6 Å². The first kappa shape index (κ1) is 16.7. The molecule has 0 aliphatic carbocycles. The third kappa shape index (κ3) is 3.00. The number of hydrogen-bond donors (Lipinski definition) is 2. The van der Waals surface area contributed by atoms with E-state index in [4.69, 9.17) is 5.11 Å². The Hall–Kier alpha value is -3.10. The Balaban J connectivity index is 2.00. The zero-order valence-corrected chi connectivity index (χ0v) is 12.9. The molecule has 9 heteroatoms. The van der Waals surface area contributed by atoms with E-state index in [1.165, 1.54) is 12.1 Å². The number of alkyl halides is 3. The summed E-state index contributed by atoms with van der Waals surface area (Å²) in [7, 11) is 0. The number of aromatic nitrogens is 3. The third-order valence-corrected chi connectivity index (χ3v) is 3.82. The van der Waals surface area contributed by atoms with Gasteiger partial charge in [-0.3, -0.25) is 0 Å². The topological polar surface area (TPSA) is 87.7 Å². The number of hydrogen-bond acceptors (Lipinski definition) is 4. The first-order valence-corrected chi connectivity index (χ1v) is 7.14. The van der Waals surface area contributed by atoms with E-state index in [-0.39, 0.29) is 23.5 Å². The molecule has 0 bridgehead atoms. The minimum atomic E-state index is -4.42. The highest BCUT2D eigenvalue weighted by Gasteiger charge is 2.30. The molecule has 1 aromatic carbocycles. The van der Waals surface area contributed by atoms with E-state index in [0.717, 1.165) is 22.8 Å². The summed E-state index contributed by atoms with van der Waals surface area (Å²) in [5, 5.41) is 23.2. The van der Waals surface area contributed by atoms with E-state index in [0.29, 0.717) is 16.8 Å². The van der Waals surface area contributed by atoms with Crippen molar-refractivity contribution >= 4 is 11.6 Å². The van der Waals surface area contributed by atoms with Crippen molar-refractivity contribution in [1.82, 2.24) is 14.6 Å². The molecule has 0 amide bonds. The number of carbonyl (C=O) groups is 1. The number of halogens is 3. The van der Waals surface area contributed by atoms with Gasteiger partial charge in [-0.1, -0.05) is 12.1 Å². The maximum atomic E-state index is 12.6. The molecule has 2 N–H and O–H groups in total. The van der Waals surface area contributed by atoms with Gasteiger partial charge in [0.25, 0.3) is 0 Å². The fraction of sp³-hybridized carbons (Fsp3) is 0.188. The number of fused-ring (bicyclic) bond motifs is 1. The highest BCUT2D eigenvalue weighted by atomic mass is 19.4. The van der Waals surface area contributed by atoms with Gasteiger partial charge in [-0.2, -0.15) is 22.8 Å². The van der Waals surface area contributed by atoms with Gasteiger partial charge in [-0.25, -0.2) is 9.78 Å². The third-order valence-electron chi connectivity index (χ3n) is 3.82. The zero-order valence-electron chi connectivity index (χ0n) is 12.9. The summed E-state index contributed by atoms with van der Waals surface area (Å²) in [5.74, 6) is -1.52. The summed E-state index contributed by atoms with van der Waals surface area (Å²) >= 11 is 0. The van der Waals surface area contributed by atoms with Crippen LogP contribution in [-0.2, 0) is 12.6 Å². The van der Waals surface area contributed by atoms with Crippen molar-refractivity contribution in [2.24, 2.45) is 0 Å².